The van der Waals surface area contributed by atoms with Gasteiger partial charge in [0.2, 0.25) is 5.91 Å². The molecule has 4 nitrogen and oxygen atoms in total. The number of carbonyl (C=O) groups is 1. The van der Waals surface area contributed by atoms with Crippen molar-refractivity contribution >= 4 is 27.5 Å². The highest BCUT2D eigenvalue weighted by molar-refractivity contribution is 9.10. The molecule has 0 aliphatic heterocycles. The van der Waals surface area contributed by atoms with Gasteiger partial charge in [0.1, 0.15) is 0 Å². The fourth-order valence-electron chi connectivity index (χ4n) is 1.35. The molecule has 0 saturated heterocycles. The fraction of sp³-hybridized carbons (Fsp3) is 0.500. The molecule has 1 aromatic rings. The third kappa shape index (κ3) is 6.18. The molecule has 1 N–H and O–H groups in total. The Balaban J connectivity index is 2.55. The molecular formula is C14H20BrNO3. The van der Waals surface area contributed by atoms with Crippen molar-refractivity contribution in [1.29, 1.82) is 0 Å². The summed E-state index contributed by atoms with van der Waals surface area (Å²) in [7, 11) is 1.64. The maximum atomic E-state index is 11.8. The fourth-order valence-corrected chi connectivity index (χ4v) is 1.45. The summed E-state index contributed by atoms with van der Waals surface area (Å²) in [6.45, 7) is 5.25. The summed E-state index contributed by atoms with van der Waals surface area (Å²) in [6.07, 6.45) is 0. The number of hydrogen-bond donors (Lipinski definition) is 1. The van der Waals surface area contributed by atoms with E-state index in [0.29, 0.717) is 19.8 Å². The van der Waals surface area contributed by atoms with Crippen molar-refractivity contribution in [2.45, 2.75) is 24.8 Å². The number of methoxy groups -OCH3 is 1. The average molecular weight is 330 g/mol. The van der Waals surface area contributed by atoms with Crippen LogP contribution >= 0.6 is 15.9 Å². The third-order valence-electron chi connectivity index (χ3n) is 2.43. The standard InChI is InChI=1S/C14H20BrNO3/c1-14(2,15)13(17)16-12-6-4-5-11(9-12)10-19-8-7-18-3/h4-6,9H,7-8,10H2,1-3H3,(H,16,17). The largest absolute Gasteiger partial charge is 0.382 e. The van der Waals surface area contributed by atoms with Crippen LogP contribution in [0.15, 0.2) is 24.3 Å². The maximum absolute atomic E-state index is 11.8. The molecule has 0 aliphatic carbocycles. The van der Waals surface area contributed by atoms with Gasteiger partial charge in [0, 0.05) is 12.8 Å². The molecule has 0 atom stereocenters. The minimum atomic E-state index is -0.585. The zero-order chi connectivity index (χ0) is 14.3. The molecule has 19 heavy (non-hydrogen) atoms. The number of halogens is 1. The van der Waals surface area contributed by atoms with Gasteiger partial charge in [0.05, 0.1) is 24.1 Å². The lowest BCUT2D eigenvalue weighted by Crippen LogP contribution is -2.30. The van der Waals surface area contributed by atoms with Crippen LogP contribution in [0.2, 0.25) is 0 Å². The van der Waals surface area contributed by atoms with Crippen LogP contribution in [0.25, 0.3) is 0 Å². The number of nitrogens with one attached hydrogen (secondary N) is 1. The van der Waals surface area contributed by atoms with Crippen molar-refractivity contribution in [3.63, 3.8) is 0 Å². The topological polar surface area (TPSA) is 47.6 Å². The number of benzene rings is 1. The predicted octanol–water partition coefficient (Wildman–Crippen LogP) is 2.96. The van der Waals surface area contributed by atoms with Crippen LogP contribution in [0, 0.1) is 0 Å². The van der Waals surface area contributed by atoms with Gasteiger partial charge < -0.3 is 14.8 Å². The molecule has 0 aliphatic rings. The highest BCUT2D eigenvalue weighted by Crippen LogP contribution is 2.19. The zero-order valence-electron chi connectivity index (χ0n) is 11.5. The summed E-state index contributed by atoms with van der Waals surface area (Å²) in [4.78, 5) is 11.8. The first-order chi connectivity index (χ1) is 8.93. The quantitative estimate of drug-likeness (QED) is 0.618. The second-order valence-electron chi connectivity index (χ2n) is 4.67. The summed E-state index contributed by atoms with van der Waals surface area (Å²) in [5.74, 6) is -0.0787. The highest BCUT2D eigenvalue weighted by atomic mass is 79.9. The van der Waals surface area contributed by atoms with E-state index in [2.05, 4.69) is 21.2 Å². The minimum absolute atomic E-state index is 0.0787. The maximum Gasteiger partial charge on any atom is 0.240 e. The Labute approximate surface area is 122 Å². The Morgan fingerprint density at radius 2 is 2.11 bits per heavy atom. The lowest BCUT2D eigenvalue weighted by molar-refractivity contribution is -0.117. The summed E-state index contributed by atoms with van der Waals surface area (Å²) in [5, 5.41) is 2.86. The van der Waals surface area contributed by atoms with Crippen molar-refractivity contribution < 1.29 is 14.3 Å². The van der Waals surface area contributed by atoms with Gasteiger partial charge in [-0.1, -0.05) is 28.1 Å². The van der Waals surface area contributed by atoms with E-state index in [9.17, 15) is 4.79 Å². The Bertz CT molecular complexity index is 415. The summed E-state index contributed by atoms with van der Waals surface area (Å²) in [5.41, 5.74) is 1.78. The summed E-state index contributed by atoms with van der Waals surface area (Å²) in [6, 6.07) is 7.62. The van der Waals surface area contributed by atoms with E-state index in [4.69, 9.17) is 9.47 Å². The first-order valence-corrected chi connectivity index (χ1v) is 6.89. The van der Waals surface area contributed by atoms with E-state index >= 15 is 0 Å². The number of anilines is 1. The van der Waals surface area contributed by atoms with E-state index in [1.54, 1.807) is 21.0 Å². The van der Waals surface area contributed by atoms with E-state index < -0.39 is 4.32 Å². The number of hydrogen-bond acceptors (Lipinski definition) is 3. The molecule has 0 radical (unpaired) electrons. The molecule has 0 unspecified atom stereocenters. The summed E-state index contributed by atoms with van der Waals surface area (Å²) < 4.78 is 9.76. The molecule has 0 fully saturated rings. The van der Waals surface area contributed by atoms with Crippen LogP contribution in [0.4, 0.5) is 5.69 Å². The van der Waals surface area contributed by atoms with Gasteiger partial charge in [-0.25, -0.2) is 0 Å². The highest BCUT2D eigenvalue weighted by Gasteiger charge is 2.23. The molecule has 0 bridgehead atoms. The Morgan fingerprint density at radius 3 is 2.74 bits per heavy atom. The molecule has 0 spiro atoms. The first-order valence-electron chi connectivity index (χ1n) is 6.09. The number of carbonyl (C=O) groups excluding carboxylic acids is 1. The van der Waals surface area contributed by atoms with E-state index in [0.717, 1.165) is 11.3 Å². The second kappa shape index (κ2) is 7.62. The second-order valence-corrected chi connectivity index (χ2v) is 6.65. The normalized spacial score (nSPS) is 11.4. The van der Waals surface area contributed by atoms with Crippen LogP contribution in [-0.4, -0.2) is 30.6 Å². The number of amides is 1. The smallest absolute Gasteiger partial charge is 0.240 e. The van der Waals surface area contributed by atoms with Gasteiger partial charge in [-0.2, -0.15) is 0 Å². The van der Waals surface area contributed by atoms with Crippen LogP contribution in [0.5, 0.6) is 0 Å². The molecule has 106 valence electrons. The van der Waals surface area contributed by atoms with Gasteiger partial charge in [0.15, 0.2) is 0 Å². The van der Waals surface area contributed by atoms with Crippen molar-refractivity contribution in [3.8, 4) is 0 Å². The van der Waals surface area contributed by atoms with Crippen LogP contribution in [-0.2, 0) is 20.9 Å². The molecule has 1 rings (SSSR count). The zero-order valence-corrected chi connectivity index (χ0v) is 13.1. The van der Waals surface area contributed by atoms with Crippen molar-refractivity contribution in [2.75, 3.05) is 25.6 Å². The van der Waals surface area contributed by atoms with Gasteiger partial charge in [-0.3, -0.25) is 4.79 Å². The molecule has 0 saturated carbocycles. The lowest BCUT2D eigenvalue weighted by Gasteiger charge is -2.16. The molecule has 0 aromatic heterocycles. The molecule has 0 heterocycles. The van der Waals surface area contributed by atoms with Crippen LogP contribution in [0.1, 0.15) is 19.4 Å². The van der Waals surface area contributed by atoms with Gasteiger partial charge in [-0.15, -0.1) is 0 Å². The predicted molar refractivity (Wildman–Crippen MR) is 79.6 cm³/mol. The first kappa shape index (κ1) is 16.1. The monoisotopic (exact) mass is 329 g/mol. The van der Waals surface area contributed by atoms with Crippen LogP contribution in [0.3, 0.4) is 0 Å². The molecule has 1 aromatic carbocycles. The van der Waals surface area contributed by atoms with Gasteiger partial charge >= 0.3 is 0 Å². The van der Waals surface area contributed by atoms with Crippen LogP contribution < -0.4 is 5.32 Å². The van der Waals surface area contributed by atoms with E-state index in [1.807, 2.05) is 24.3 Å². The van der Waals surface area contributed by atoms with Gasteiger partial charge in [-0.05, 0) is 31.5 Å². The third-order valence-corrected chi connectivity index (χ3v) is 2.79. The molecule has 5 heteroatoms. The average Bonchev–Trinajstić information content (AvgIpc) is 2.34. The van der Waals surface area contributed by atoms with Crippen molar-refractivity contribution in [2.24, 2.45) is 0 Å². The SMILES string of the molecule is COCCOCc1cccc(NC(=O)C(C)(C)Br)c1. The van der Waals surface area contributed by atoms with Crippen molar-refractivity contribution in [1.82, 2.24) is 0 Å². The number of rotatable bonds is 7. The Hall–Kier alpha value is -0.910. The minimum Gasteiger partial charge on any atom is -0.382 e. The molecular weight excluding hydrogens is 310 g/mol. The number of alkyl halides is 1. The Kier molecular flexibility index (Phi) is 6.48. The van der Waals surface area contributed by atoms with Crippen molar-refractivity contribution in [3.05, 3.63) is 29.8 Å². The van der Waals surface area contributed by atoms with E-state index in [-0.39, 0.29) is 5.91 Å². The Morgan fingerprint density at radius 1 is 1.37 bits per heavy atom. The molecule has 1 amide bonds. The summed E-state index contributed by atoms with van der Waals surface area (Å²) >= 11 is 3.33. The van der Waals surface area contributed by atoms with Gasteiger partial charge in [0.25, 0.3) is 0 Å². The number of ether oxygens (including phenoxy) is 2. The van der Waals surface area contributed by atoms with E-state index in [1.165, 1.54) is 0 Å². The lowest BCUT2D eigenvalue weighted by atomic mass is 10.1.